The van der Waals surface area contributed by atoms with Gasteiger partial charge in [-0.1, -0.05) is 32.0 Å². The summed E-state index contributed by atoms with van der Waals surface area (Å²) in [6, 6.07) is 9.93. The van der Waals surface area contributed by atoms with Crippen LogP contribution in [-0.2, 0) is 4.79 Å². The standard InChI is InChI=1S/C14H22N2O2/c1-12(2)15-11-14(17)16(3)9-10-18-13-7-5-4-6-8-13/h4-8,12,15H,9-11H2,1-3H3. The summed E-state index contributed by atoms with van der Waals surface area (Å²) >= 11 is 0. The SMILES string of the molecule is CC(C)NCC(=O)N(C)CCOc1ccccc1. The highest BCUT2D eigenvalue weighted by Gasteiger charge is 2.08. The molecule has 0 saturated carbocycles. The van der Waals surface area contributed by atoms with Crippen molar-refractivity contribution >= 4 is 5.91 Å². The number of likely N-dealkylation sites (N-methyl/N-ethyl adjacent to an activating group) is 1. The molecule has 1 N–H and O–H groups in total. The Hall–Kier alpha value is -1.55. The van der Waals surface area contributed by atoms with E-state index in [1.54, 1.807) is 11.9 Å². The van der Waals surface area contributed by atoms with Crippen LogP contribution in [0.15, 0.2) is 30.3 Å². The highest BCUT2D eigenvalue weighted by Crippen LogP contribution is 2.07. The third-order valence-corrected chi connectivity index (χ3v) is 2.53. The molecule has 4 nitrogen and oxygen atoms in total. The lowest BCUT2D eigenvalue weighted by atomic mass is 10.3. The predicted molar refractivity (Wildman–Crippen MR) is 72.7 cm³/mol. The Labute approximate surface area is 109 Å². The molecule has 0 atom stereocenters. The van der Waals surface area contributed by atoms with Crippen LogP contribution >= 0.6 is 0 Å². The van der Waals surface area contributed by atoms with Gasteiger partial charge in [0.05, 0.1) is 13.1 Å². The zero-order valence-electron chi connectivity index (χ0n) is 11.3. The maximum absolute atomic E-state index is 11.7. The largest absolute Gasteiger partial charge is 0.492 e. The van der Waals surface area contributed by atoms with E-state index in [1.165, 1.54) is 0 Å². The van der Waals surface area contributed by atoms with Crippen LogP contribution in [0.25, 0.3) is 0 Å². The Kier molecular flexibility index (Phi) is 6.22. The van der Waals surface area contributed by atoms with Crippen LogP contribution in [0.3, 0.4) is 0 Å². The molecule has 0 aliphatic rings. The van der Waals surface area contributed by atoms with Crippen LogP contribution in [0.2, 0.25) is 0 Å². The third kappa shape index (κ3) is 5.68. The van der Waals surface area contributed by atoms with Crippen molar-refractivity contribution in [1.29, 1.82) is 0 Å². The summed E-state index contributed by atoms with van der Waals surface area (Å²) in [7, 11) is 1.79. The summed E-state index contributed by atoms with van der Waals surface area (Å²) in [6.45, 7) is 5.51. The van der Waals surface area contributed by atoms with Crippen LogP contribution in [0.5, 0.6) is 5.75 Å². The van der Waals surface area contributed by atoms with Gasteiger partial charge < -0.3 is 15.0 Å². The molecule has 18 heavy (non-hydrogen) atoms. The lowest BCUT2D eigenvalue weighted by molar-refractivity contribution is -0.129. The number of para-hydroxylation sites is 1. The summed E-state index contributed by atoms with van der Waals surface area (Å²) in [4.78, 5) is 13.4. The van der Waals surface area contributed by atoms with Crippen molar-refractivity contribution in [3.63, 3.8) is 0 Å². The molecule has 0 aliphatic carbocycles. The Bertz CT molecular complexity index is 352. The quantitative estimate of drug-likeness (QED) is 0.798. The minimum absolute atomic E-state index is 0.0837. The van der Waals surface area contributed by atoms with E-state index in [4.69, 9.17) is 4.74 Å². The van der Waals surface area contributed by atoms with Crippen LogP contribution in [-0.4, -0.2) is 43.6 Å². The number of nitrogens with zero attached hydrogens (tertiary/aromatic N) is 1. The number of nitrogens with one attached hydrogen (secondary N) is 1. The summed E-state index contributed by atoms with van der Waals surface area (Å²) in [5.41, 5.74) is 0. The monoisotopic (exact) mass is 250 g/mol. The van der Waals surface area contributed by atoms with E-state index in [1.807, 2.05) is 44.2 Å². The van der Waals surface area contributed by atoms with Gasteiger partial charge in [-0.2, -0.15) is 0 Å². The second kappa shape index (κ2) is 7.71. The van der Waals surface area contributed by atoms with Crippen LogP contribution in [0, 0.1) is 0 Å². The number of rotatable bonds is 7. The maximum atomic E-state index is 11.7. The Morgan fingerprint density at radius 1 is 1.33 bits per heavy atom. The van der Waals surface area contributed by atoms with Gasteiger partial charge in [-0.15, -0.1) is 0 Å². The fourth-order valence-electron chi connectivity index (χ4n) is 1.37. The highest BCUT2D eigenvalue weighted by molar-refractivity contribution is 5.77. The number of carbonyl (C=O) groups is 1. The summed E-state index contributed by atoms with van der Waals surface area (Å²) in [6.07, 6.45) is 0. The van der Waals surface area contributed by atoms with Crippen molar-refractivity contribution in [3.05, 3.63) is 30.3 Å². The second-order valence-electron chi connectivity index (χ2n) is 4.51. The summed E-state index contributed by atoms with van der Waals surface area (Å²) < 4.78 is 5.54. The molecule has 4 heteroatoms. The van der Waals surface area contributed by atoms with Crippen LogP contribution in [0.4, 0.5) is 0 Å². The highest BCUT2D eigenvalue weighted by atomic mass is 16.5. The minimum atomic E-state index is 0.0837. The van der Waals surface area contributed by atoms with Crippen LogP contribution in [0.1, 0.15) is 13.8 Å². The smallest absolute Gasteiger partial charge is 0.236 e. The average molecular weight is 250 g/mol. The van der Waals surface area contributed by atoms with Gasteiger partial charge >= 0.3 is 0 Å². The Morgan fingerprint density at radius 2 is 2.00 bits per heavy atom. The second-order valence-corrected chi connectivity index (χ2v) is 4.51. The number of hydrogen-bond donors (Lipinski definition) is 1. The normalized spacial score (nSPS) is 10.4. The number of benzene rings is 1. The van der Waals surface area contributed by atoms with E-state index in [9.17, 15) is 4.79 Å². The van der Waals surface area contributed by atoms with Gasteiger partial charge in [0.25, 0.3) is 0 Å². The van der Waals surface area contributed by atoms with Gasteiger partial charge in [-0.05, 0) is 12.1 Å². The Balaban J connectivity index is 2.20. The molecule has 1 aromatic carbocycles. The lowest BCUT2D eigenvalue weighted by Gasteiger charge is -2.18. The van der Waals surface area contributed by atoms with E-state index in [2.05, 4.69) is 5.32 Å². The van der Waals surface area contributed by atoms with Gasteiger partial charge in [-0.25, -0.2) is 0 Å². The van der Waals surface area contributed by atoms with E-state index >= 15 is 0 Å². The van der Waals surface area contributed by atoms with Crippen molar-refractivity contribution in [2.45, 2.75) is 19.9 Å². The summed E-state index contributed by atoms with van der Waals surface area (Å²) in [5, 5.41) is 3.10. The number of carbonyl (C=O) groups excluding carboxylic acids is 1. The fraction of sp³-hybridized carbons (Fsp3) is 0.500. The predicted octanol–water partition coefficient (Wildman–Crippen LogP) is 1.52. The van der Waals surface area contributed by atoms with Gasteiger partial charge in [-0.3, -0.25) is 4.79 Å². The topological polar surface area (TPSA) is 41.6 Å². The van der Waals surface area contributed by atoms with E-state index in [0.717, 1.165) is 5.75 Å². The van der Waals surface area contributed by atoms with Crippen molar-refractivity contribution in [2.75, 3.05) is 26.7 Å². The average Bonchev–Trinajstić information content (AvgIpc) is 2.37. The molecule has 0 heterocycles. The van der Waals surface area contributed by atoms with Crippen molar-refractivity contribution in [1.82, 2.24) is 10.2 Å². The van der Waals surface area contributed by atoms with Gasteiger partial charge in [0, 0.05) is 13.1 Å². The molecule has 1 amide bonds. The molecular weight excluding hydrogens is 228 g/mol. The lowest BCUT2D eigenvalue weighted by Crippen LogP contribution is -2.39. The van der Waals surface area contributed by atoms with E-state index in [-0.39, 0.29) is 5.91 Å². The first-order valence-electron chi connectivity index (χ1n) is 6.25. The summed E-state index contributed by atoms with van der Waals surface area (Å²) in [5.74, 6) is 0.916. The molecule has 0 aromatic heterocycles. The molecule has 0 unspecified atom stereocenters. The maximum Gasteiger partial charge on any atom is 0.236 e. The molecule has 0 spiro atoms. The molecule has 0 bridgehead atoms. The first-order chi connectivity index (χ1) is 8.59. The Morgan fingerprint density at radius 3 is 2.61 bits per heavy atom. The first kappa shape index (κ1) is 14.5. The molecule has 0 aliphatic heterocycles. The molecule has 0 fully saturated rings. The van der Waals surface area contributed by atoms with Crippen molar-refractivity contribution in [2.24, 2.45) is 0 Å². The van der Waals surface area contributed by atoms with Crippen molar-refractivity contribution in [3.8, 4) is 5.75 Å². The number of hydrogen-bond acceptors (Lipinski definition) is 3. The van der Waals surface area contributed by atoms with Crippen molar-refractivity contribution < 1.29 is 9.53 Å². The molecule has 1 aromatic rings. The van der Waals surface area contributed by atoms with Gasteiger partial charge in [0.2, 0.25) is 5.91 Å². The number of amides is 1. The van der Waals surface area contributed by atoms with Gasteiger partial charge in [0.15, 0.2) is 0 Å². The molecule has 1 rings (SSSR count). The minimum Gasteiger partial charge on any atom is -0.492 e. The molecule has 0 radical (unpaired) electrons. The van der Waals surface area contributed by atoms with E-state index in [0.29, 0.717) is 25.7 Å². The van der Waals surface area contributed by atoms with Crippen LogP contribution < -0.4 is 10.1 Å². The van der Waals surface area contributed by atoms with E-state index < -0.39 is 0 Å². The molecule has 100 valence electrons. The molecule has 0 saturated heterocycles. The number of ether oxygens (including phenoxy) is 1. The first-order valence-corrected chi connectivity index (χ1v) is 6.25. The molecular formula is C14H22N2O2. The zero-order chi connectivity index (χ0) is 13.4. The fourth-order valence-corrected chi connectivity index (χ4v) is 1.37. The third-order valence-electron chi connectivity index (χ3n) is 2.53. The zero-order valence-corrected chi connectivity index (χ0v) is 11.3. The van der Waals surface area contributed by atoms with Gasteiger partial charge in [0.1, 0.15) is 12.4 Å².